The highest BCUT2D eigenvalue weighted by Gasteiger charge is 2.10. The second-order valence-electron chi connectivity index (χ2n) is 4.03. The molecule has 2 aromatic rings. The average molecular weight is 325 g/mol. The first-order valence-corrected chi connectivity index (χ1v) is 7.80. The van der Waals surface area contributed by atoms with Gasteiger partial charge in [-0.05, 0) is 25.1 Å². The van der Waals surface area contributed by atoms with Gasteiger partial charge in [-0.3, -0.25) is 0 Å². The molecule has 0 fully saturated rings. The minimum atomic E-state index is 0.924. The number of nitrogens with zero attached hydrogens (tertiary/aromatic N) is 1. The number of hydrogen-bond acceptors (Lipinski definition) is 3. The fourth-order valence-corrected chi connectivity index (χ4v) is 3.14. The predicted molar refractivity (Wildman–Crippen MR) is 82.0 cm³/mol. The molecule has 0 saturated carbocycles. The van der Waals surface area contributed by atoms with Crippen LogP contribution in [-0.4, -0.2) is 11.5 Å². The monoisotopic (exact) mass is 324 g/mol. The molecule has 0 radical (unpaired) electrons. The number of benzene rings is 1. The second-order valence-corrected chi connectivity index (χ2v) is 6.03. The Morgan fingerprint density at radius 3 is 2.56 bits per heavy atom. The van der Waals surface area contributed by atoms with Gasteiger partial charge in [-0.15, -0.1) is 11.3 Å². The van der Waals surface area contributed by atoms with E-state index >= 15 is 0 Å². The molecule has 0 bridgehead atoms. The molecule has 0 saturated heterocycles. The maximum atomic E-state index is 4.74. The van der Waals surface area contributed by atoms with E-state index in [1.54, 1.807) is 11.3 Å². The zero-order chi connectivity index (χ0) is 13.0. The van der Waals surface area contributed by atoms with Gasteiger partial charge in [0.15, 0.2) is 0 Å². The van der Waals surface area contributed by atoms with Crippen molar-refractivity contribution >= 4 is 27.3 Å². The zero-order valence-electron chi connectivity index (χ0n) is 10.7. The third-order valence-electron chi connectivity index (χ3n) is 2.74. The molecule has 0 amide bonds. The van der Waals surface area contributed by atoms with Gasteiger partial charge in [-0.1, -0.05) is 41.9 Å². The molecule has 4 heteroatoms. The lowest BCUT2D eigenvalue weighted by Gasteiger charge is -1.99. The van der Waals surface area contributed by atoms with E-state index in [0.29, 0.717) is 0 Å². The molecule has 2 nitrogen and oxygen atoms in total. The largest absolute Gasteiger partial charge is 0.312 e. The minimum absolute atomic E-state index is 0.924. The summed E-state index contributed by atoms with van der Waals surface area (Å²) in [5.74, 6) is 0. The topological polar surface area (TPSA) is 24.9 Å². The Labute approximate surface area is 121 Å². The molecule has 1 heterocycles. The van der Waals surface area contributed by atoms with Crippen molar-refractivity contribution in [2.75, 3.05) is 6.54 Å². The lowest BCUT2D eigenvalue weighted by atomic mass is 10.2. The Hall–Kier alpha value is -0.710. The summed E-state index contributed by atoms with van der Waals surface area (Å²) in [6, 6.07) is 8.34. The number of aromatic nitrogens is 1. The molecule has 0 spiro atoms. The third-order valence-corrected chi connectivity index (χ3v) is 4.42. The molecule has 18 heavy (non-hydrogen) atoms. The first-order valence-electron chi connectivity index (χ1n) is 6.19. The summed E-state index contributed by atoms with van der Waals surface area (Å²) in [5, 5.41) is 4.49. The van der Waals surface area contributed by atoms with Gasteiger partial charge in [0.25, 0.3) is 0 Å². The summed E-state index contributed by atoms with van der Waals surface area (Å²) in [7, 11) is 0. The standard InChI is InChI=1S/C14H17BrN2S/c1-3-12-13(9-16-4-2)18-14(17-12)10-5-7-11(15)8-6-10/h5-8,16H,3-4,9H2,1-2H3. The number of rotatable bonds is 5. The summed E-state index contributed by atoms with van der Waals surface area (Å²) in [6.07, 6.45) is 0.994. The number of thiazole rings is 1. The molecule has 1 aromatic heterocycles. The number of aryl methyl sites for hydroxylation is 1. The Bertz CT molecular complexity index is 505. The summed E-state index contributed by atoms with van der Waals surface area (Å²) >= 11 is 5.25. The van der Waals surface area contributed by atoms with Gasteiger partial charge in [0.1, 0.15) is 5.01 Å². The predicted octanol–water partition coefficient (Wildman–Crippen LogP) is 4.24. The Kier molecular flexibility index (Phi) is 4.92. The van der Waals surface area contributed by atoms with Crippen molar-refractivity contribution in [3.8, 4) is 10.6 Å². The van der Waals surface area contributed by atoms with E-state index in [0.717, 1.165) is 29.0 Å². The van der Waals surface area contributed by atoms with Gasteiger partial charge in [-0.25, -0.2) is 4.98 Å². The number of halogens is 1. The fraction of sp³-hybridized carbons (Fsp3) is 0.357. The van der Waals surface area contributed by atoms with E-state index < -0.39 is 0 Å². The minimum Gasteiger partial charge on any atom is -0.312 e. The van der Waals surface area contributed by atoms with E-state index in [2.05, 4.69) is 59.4 Å². The van der Waals surface area contributed by atoms with Crippen LogP contribution in [0.1, 0.15) is 24.4 Å². The van der Waals surface area contributed by atoms with E-state index in [1.807, 2.05) is 0 Å². The summed E-state index contributed by atoms with van der Waals surface area (Å²) in [5.41, 5.74) is 2.42. The molecular weight excluding hydrogens is 308 g/mol. The average Bonchev–Trinajstić information content (AvgIpc) is 2.80. The van der Waals surface area contributed by atoms with Gasteiger partial charge >= 0.3 is 0 Å². The maximum absolute atomic E-state index is 4.74. The molecule has 1 N–H and O–H groups in total. The van der Waals surface area contributed by atoms with E-state index in [-0.39, 0.29) is 0 Å². The van der Waals surface area contributed by atoms with Crippen molar-refractivity contribution in [2.24, 2.45) is 0 Å². The molecule has 1 aromatic carbocycles. The molecule has 0 atom stereocenters. The summed E-state index contributed by atoms with van der Waals surface area (Å²) < 4.78 is 1.10. The molecule has 0 unspecified atom stereocenters. The molecule has 0 aliphatic rings. The molecule has 2 rings (SSSR count). The van der Waals surface area contributed by atoms with Gasteiger partial charge in [0.05, 0.1) is 5.69 Å². The number of nitrogens with one attached hydrogen (secondary N) is 1. The zero-order valence-corrected chi connectivity index (χ0v) is 13.1. The van der Waals surface area contributed by atoms with Crippen LogP contribution < -0.4 is 5.32 Å². The van der Waals surface area contributed by atoms with Gasteiger partial charge < -0.3 is 5.32 Å². The van der Waals surface area contributed by atoms with Crippen LogP contribution in [0.25, 0.3) is 10.6 Å². The Morgan fingerprint density at radius 2 is 1.94 bits per heavy atom. The van der Waals surface area contributed by atoms with Crippen LogP contribution in [0.3, 0.4) is 0 Å². The summed E-state index contributed by atoms with van der Waals surface area (Å²) in [6.45, 7) is 6.21. The first kappa shape index (κ1) is 13.7. The van der Waals surface area contributed by atoms with Crippen LogP contribution in [0.4, 0.5) is 0 Å². The van der Waals surface area contributed by atoms with Crippen LogP contribution >= 0.6 is 27.3 Å². The quantitative estimate of drug-likeness (QED) is 0.889. The SMILES string of the molecule is CCNCc1sc(-c2ccc(Br)cc2)nc1CC. The van der Waals surface area contributed by atoms with Crippen LogP contribution in [0.5, 0.6) is 0 Å². The molecule has 96 valence electrons. The maximum Gasteiger partial charge on any atom is 0.123 e. The highest BCUT2D eigenvalue weighted by Crippen LogP contribution is 2.29. The van der Waals surface area contributed by atoms with Crippen LogP contribution in [-0.2, 0) is 13.0 Å². The smallest absolute Gasteiger partial charge is 0.123 e. The Balaban J connectivity index is 2.28. The van der Waals surface area contributed by atoms with Crippen LogP contribution in [0.15, 0.2) is 28.7 Å². The van der Waals surface area contributed by atoms with E-state index in [9.17, 15) is 0 Å². The highest BCUT2D eigenvalue weighted by atomic mass is 79.9. The van der Waals surface area contributed by atoms with E-state index in [4.69, 9.17) is 4.98 Å². The lowest BCUT2D eigenvalue weighted by molar-refractivity contribution is 0.727. The number of hydrogen-bond donors (Lipinski definition) is 1. The van der Waals surface area contributed by atoms with Crippen molar-refractivity contribution in [3.05, 3.63) is 39.3 Å². The van der Waals surface area contributed by atoms with Crippen molar-refractivity contribution < 1.29 is 0 Å². The molecule has 0 aliphatic heterocycles. The highest BCUT2D eigenvalue weighted by molar-refractivity contribution is 9.10. The van der Waals surface area contributed by atoms with E-state index in [1.165, 1.54) is 16.1 Å². The normalized spacial score (nSPS) is 10.8. The van der Waals surface area contributed by atoms with Crippen LogP contribution in [0, 0.1) is 0 Å². The van der Waals surface area contributed by atoms with Crippen molar-refractivity contribution in [1.82, 2.24) is 10.3 Å². The van der Waals surface area contributed by atoms with Crippen molar-refractivity contribution in [3.63, 3.8) is 0 Å². The van der Waals surface area contributed by atoms with Crippen LogP contribution in [0.2, 0.25) is 0 Å². The second kappa shape index (κ2) is 6.45. The van der Waals surface area contributed by atoms with Crippen molar-refractivity contribution in [1.29, 1.82) is 0 Å². The van der Waals surface area contributed by atoms with Gasteiger partial charge in [-0.2, -0.15) is 0 Å². The third kappa shape index (κ3) is 3.19. The first-order chi connectivity index (χ1) is 8.74. The lowest BCUT2D eigenvalue weighted by Crippen LogP contribution is -2.11. The summed E-state index contributed by atoms with van der Waals surface area (Å²) in [4.78, 5) is 6.10. The Morgan fingerprint density at radius 1 is 1.22 bits per heavy atom. The van der Waals surface area contributed by atoms with Gasteiger partial charge in [0.2, 0.25) is 0 Å². The molecular formula is C14H17BrN2S. The molecule has 0 aliphatic carbocycles. The fourth-order valence-electron chi connectivity index (χ4n) is 1.75. The van der Waals surface area contributed by atoms with Gasteiger partial charge in [0, 0.05) is 21.5 Å². The van der Waals surface area contributed by atoms with Crippen molar-refractivity contribution in [2.45, 2.75) is 26.8 Å².